The summed E-state index contributed by atoms with van der Waals surface area (Å²) in [6.45, 7) is 14.2. The van der Waals surface area contributed by atoms with E-state index in [0.717, 1.165) is 22.5 Å². The van der Waals surface area contributed by atoms with Crippen LogP contribution in [0.5, 0.6) is 0 Å². The van der Waals surface area contributed by atoms with E-state index in [4.69, 9.17) is 17.3 Å². The average Bonchev–Trinajstić information content (AvgIpc) is 3.04. The summed E-state index contributed by atoms with van der Waals surface area (Å²) in [5, 5.41) is 2.36. The summed E-state index contributed by atoms with van der Waals surface area (Å²) < 4.78 is 0. The Bertz CT molecular complexity index is 1360. The van der Waals surface area contributed by atoms with Crippen LogP contribution < -0.4 is 11.1 Å². The van der Waals surface area contributed by atoms with Gasteiger partial charge in [-0.25, -0.2) is 0 Å². The molecule has 4 rings (SSSR count). The Hall–Kier alpha value is -4.45. The van der Waals surface area contributed by atoms with Crippen molar-refractivity contribution in [1.82, 2.24) is 4.90 Å². The molecule has 44 heavy (non-hydrogen) atoms. The number of aryl methyl sites for hydroxylation is 2. The van der Waals surface area contributed by atoms with E-state index in [2.05, 4.69) is 31.0 Å². The van der Waals surface area contributed by atoms with Crippen molar-refractivity contribution in [3.05, 3.63) is 144 Å². The lowest BCUT2D eigenvalue weighted by atomic mass is 10.2. The van der Waals surface area contributed by atoms with Gasteiger partial charge in [0.1, 0.15) is 0 Å². The number of halogens is 1. The maximum atomic E-state index is 11.7. The molecule has 0 aromatic heterocycles. The molecule has 1 amide bonds. The first kappa shape index (κ1) is 37.6. The second-order valence-corrected chi connectivity index (χ2v) is 10.1. The quantitative estimate of drug-likeness (QED) is 0.118. The highest BCUT2D eigenvalue weighted by molar-refractivity contribution is 6.66. The molecule has 0 heterocycles. The molecule has 0 unspecified atom stereocenters. The lowest BCUT2D eigenvalue weighted by Gasteiger charge is -2.13. The number of hydrogen-bond acceptors (Lipinski definition) is 4. The third kappa shape index (κ3) is 18.9. The van der Waals surface area contributed by atoms with Crippen molar-refractivity contribution >= 4 is 46.3 Å². The van der Waals surface area contributed by atoms with Gasteiger partial charge in [-0.15, -0.1) is 0 Å². The fourth-order valence-electron chi connectivity index (χ4n) is 3.52. The van der Waals surface area contributed by atoms with Crippen LogP contribution in [0.15, 0.2) is 121 Å². The lowest BCUT2D eigenvalue weighted by molar-refractivity contribution is -0.112. The molecule has 0 radical (unpaired) electrons. The molecule has 5 nitrogen and oxygen atoms in total. The molecule has 6 heteroatoms. The number of hydrogen-bond donors (Lipinski definition) is 2. The molecule has 0 aliphatic rings. The topological polar surface area (TPSA) is 75.4 Å². The highest BCUT2D eigenvalue weighted by Crippen LogP contribution is 2.09. The molecule has 0 saturated carbocycles. The molecule has 4 aromatic rings. The predicted molar refractivity (Wildman–Crippen MR) is 191 cm³/mol. The van der Waals surface area contributed by atoms with Crippen molar-refractivity contribution in [2.45, 2.75) is 34.6 Å². The highest BCUT2D eigenvalue weighted by atomic mass is 35.5. The number of carbonyl (C=O) groups is 2. The second kappa shape index (κ2) is 23.1. The molecule has 0 aliphatic heterocycles. The fraction of sp³-hybridized carbons (Fsp3) is 0.211. The summed E-state index contributed by atoms with van der Waals surface area (Å²) in [5.41, 5.74) is 11.5. The van der Waals surface area contributed by atoms with Crippen molar-refractivity contribution in [2.75, 3.05) is 30.7 Å². The number of rotatable bonds is 8. The molecule has 0 saturated heterocycles. The minimum Gasteiger partial charge on any atom is -0.399 e. The first-order valence-corrected chi connectivity index (χ1v) is 15.1. The average molecular weight is 612 g/mol. The van der Waals surface area contributed by atoms with Gasteiger partial charge in [0.25, 0.3) is 0 Å². The zero-order valence-electron chi connectivity index (χ0n) is 26.5. The van der Waals surface area contributed by atoms with Crippen molar-refractivity contribution < 1.29 is 9.59 Å². The van der Waals surface area contributed by atoms with E-state index >= 15 is 0 Å². The van der Waals surface area contributed by atoms with E-state index < -0.39 is 5.24 Å². The summed E-state index contributed by atoms with van der Waals surface area (Å²) in [6.07, 6.45) is 6.34. The zero-order valence-corrected chi connectivity index (χ0v) is 27.3. The van der Waals surface area contributed by atoms with Gasteiger partial charge >= 0.3 is 0 Å². The number of nitrogens with zero attached hydrogens (tertiary/aromatic N) is 1. The van der Waals surface area contributed by atoms with E-state index in [1.807, 2.05) is 123 Å². The van der Waals surface area contributed by atoms with Gasteiger partial charge in [0.2, 0.25) is 11.1 Å². The van der Waals surface area contributed by atoms with Gasteiger partial charge in [-0.1, -0.05) is 123 Å². The normalized spacial score (nSPS) is 10.2. The van der Waals surface area contributed by atoms with Crippen molar-refractivity contribution in [1.29, 1.82) is 0 Å². The van der Waals surface area contributed by atoms with Gasteiger partial charge in [-0.05, 0) is 92.6 Å². The Morgan fingerprint density at radius 3 is 1.43 bits per heavy atom. The Morgan fingerprint density at radius 2 is 1.07 bits per heavy atom. The Balaban J connectivity index is 0.000000319. The summed E-state index contributed by atoms with van der Waals surface area (Å²) in [5.74, 6) is -0.122. The van der Waals surface area contributed by atoms with Crippen molar-refractivity contribution in [3.8, 4) is 0 Å². The number of amides is 1. The molecule has 0 bridgehead atoms. The molecule has 0 fully saturated rings. The molecule has 4 aromatic carbocycles. The van der Waals surface area contributed by atoms with E-state index in [9.17, 15) is 9.59 Å². The maximum absolute atomic E-state index is 11.7. The monoisotopic (exact) mass is 611 g/mol. The summed E-state index contributed by atoms with van der Waals surface area (Å²) in [4.78, 5) is 24.3. The summed E-state index contributed by atoms with van der Waals surface area (Å²) in [6, 6.07) is 34.8. The minimum absolute atomic E-state index is 0.122. The number of carbonyl (C=O) groups excluding carboxylic acids is 2. The number of nitrogen functional groups attached to an aromatic ring is 1. The van der Waals surface area contributed by atoms with Crippen LogP contribution in [0.4, 0.5) is 11.4 Å². The molecule has 0 aliphatic carbocycles. The number of nitrogens with one attached hydrogen (secondary N) is 1. The summed E-state index contributed by atoms with van der Waals surface area (Å²) in [7, 11) is 0. The van der Waals surface area contributed by atoms with Gasteiger partial charge in [0, 0.05) is 17.5 Å². The number of nitrogens with two attached hydrogens (primary N) is 1. The molecule has 3 N–H and O–H groups in total. The number of benzene rings is 4. The fourth-order valence-corrected chi connectivity index (χ4v) is 3.58. The van der Waals surface area contributed by atoms with Crippen LogP contribution in [0.1, 0.15) is 43.0 Å². The van der Waals surface area contributed by atoms with E-state index in [0.29, 0.717) is 0 Å². The Kier molecular flexibility index (Phi) is 19.7. The largest absolute Gasteiger partial charge is 0.399 e. The van der Waals surface area contributed by atoms with Crippen LogP contribution in [-0.4, -0.2) is 35.7 Å². The van der Waals surface area contributed by atoms with Gasteiger partial charge in [-0.3, -0.25) is 9.59 Å². The predicted octanol–water partition coefficient (Wildman–Crippen LogP) is 9.04. The molecular weight excluding hydrogens is 566 g/mol. The SMILES string of the molecule is CCN(CC)CC.Cc1ccc(N)cc1.Cc1ccc(NC(=O)/C=C/c2ccccc2)cc1.O=C(Cl)/C=C/c1ccccc1. The van der Waals surface area contributed by atoms with Gasteiger partial charge in [0.15, 0.2) is 0 Å². The second-order valence-electron chi connectivity index (χ2n) is 9.68. The lowest BCUT2D eigenvalue weighted by Crippen LogP contribution is -2.21. The third-order valence-electron chi connectivity index (χ3n) is 6.17. The van der Waals surface area contributed by atoms with Crippen LogP contribution in [0, 0.1) is 13.8 Å². The van der Waals surface area contributed by atoms with Crippen LogP contribution in [0.2, 0.25) is 0 Å². The highest BCUT2D eigenvalue weighted by Gasteiger charge is 1.97. The Labute approximate surface area is 269 Å². The number of allylic oxidation sites excluding steroid dienone is 1. The smallest absolute Gasteiger partial charge is 0.248 e. The van der Waals surface area contributed by atoms with Crippen LogP contribution in [0.25, 0.3) is 12.2 Å². The van der Waals surface area contributed by atoms with Crippen molar-refractivity contribution in [3.63, 3.8) is 0 Å². The van der Waals surface area contributed by atoms with Gasteiger partial charge < -0.3 is 16.0 Å². The van der Waals surface area contributed by atoms with Crippen molar-refractivity contribution in [2.24, 2.45) is 0 Å². The van der Waals surface area contributed by atoms with Crippen LogP contribution >= 0.6 is 11.6 Å². The van der Waals surface area contributed by atoms with Gasteiger partial charge in [0.05, 0.1) is 0 Å². The zero-order chi connectivity index (χ0) is 32.6. The standard InChI is InChI=1S/C16H15NO.C9H7ClO.C7H9N.C6H15N/c1-13-7-10-15(11-8-13)17-16(18)12-9-14-5-3-2-4-6-14;10-9(11)7-6-8-4-2-1-3-5-8;1-6-2-4-7(8)5-3-6;1-4-7(5-2)6-3/h2-12H,1H3,(H,17,18);1-7H;2-5H,8H2,1H3;4-6H2,1-3H3/b12-9+;7-6+;;. The first-order chi connectivity index (χ1) is 21.2. The minimum atomic E-state index is -0.450. The molecule has 0 spiro atoms. The summed E-state index contributed by atoms with van der Waals surface area (Å²) >= 11 is 5.10. The van der Waals surface area contributed by atoms with Gasteiger partial charge in [-0.2, -0.15) is 0 Å². The number of anilines is 2. The van der Waals surface area contributed by atoms with E-state index in [1.54, 1.807) is 12.2 Å². The van der Waals surface area contributed by atoms with E-state index in [1.165, 1.54) is 42.9 Å². The first-order valence-electron chi connectivity index (χ1n) is 14.7. The van der Waals surface area contributed by atoms with Crippen LogP contribution in [0.3, 0.4) is 0 Å². The third-order valence-corrected chi connectivity index (χ3v) is 6.30. The maximum Gasteiger partial charge on any atom is 0.248 e. The van der Waals surface area contributed by atoms with E-state index in [-0.39, 0.29) is 5.91 Å². The molecule has 0 atom stereocenters. The Morgan fingerprint density at radius 1 is 0.659 bits per heavy atom. The van der Waals surface area contributed by atoms with Crippen LogP contribution in [-0.2, 0) is 9.59 Å². The molecule has 232 valence electrons. The molecular formula is C38H46ClN3O2.